The Balaban J connectivity index is 1.34. The number of benzene rings is 2. The minimum atomic E-state index is 0.229. The lowest BCUT2D eigenvalue weighted by Gasteiger charge is -2.17. The van der Waals surface area contributed by atoms with E-state index < -0.39 is 0 Å². The van der Waals surface area contributed by atoms with Crippen molar-refractivity contribution in [1.29, 1.82) is 0 Å². The highest BCUT2D eigenvalue weighted by molar-refractivity contribution is 7.99. The maximum atomic E-state index is 12.4. The first kappa shape index (κ1) is 16.9. The van der Waals surface area contributed by atoms with Crippen molar-refractivity contribution in [2.45, 2.75) is 19.8 Å². The van der Waals surface area contributed by atoms with E-state index in [-0.39, 0.29) is 5.91 Å². The minimum absolute atomic E-state index is 0.229. The van der Waals surface area contributed by atoms with Crippen LogP contribution in [0.5, 0.6) is 5.75 Å². The molecule has 0 spiro atoms. The summed E-state index contributed by atoms with van der Waals surface area (Å²) < 4.78 is 5.72. The average Bonchev–Trinajstić information content (AvgIpc) is 3.02. The van der Waals surface area contributed by atoms with Crippen LogP contribution in [0.25, 0.3) is 0 Å². The molecule has 3 nitrogen and oxygen atoms in total. The number of hydrogen-bond donors (Lipinski definition) is 0. The predicted octanol–water partition coefficient (Wildman–Crippen LogP) is 4.09. The number of anilines is 1. The highest BCUT2D eigenvalue weighted by Crippen LogP contribution is 2.28. The van der Waals surface area contributed by atoms with Gasteiger partial charge in [0, 0.05) is 30.2 Å². The molecule has 1 heterocycles. The molecular formula is C20H23NO2S. The Bertz CT molecular complexity index is 702. The van der Waals surface area contributed by atoms with Crippen LogP contribution >= 0.6 is 11.8 Å². The maximum absolute atomic E-state index is 12.4. The summed E-state index contributed by atoms with van der Waals surface area (Å²) >= 11 is 1.77. The van der Waals surface area contributed by atoms with E-state index in [0.29, 0.717) is 13.0 Å². The van der Waals surface area contributed by atoms with Gasteiger partial charge >= 0.3 is 0 Å². The van der Waals surface area contributed by atoms with Crippen LogP contribution in [0.2, 0.25) is 0 Å². The van der Waals surface area contributed by atoms with Crippen LogP contribution in [0.15, 0.2) is 48.5 Å². The van der Waals surface area contributed by atoms with Gasteiger partial charge in [0.25, 0.3) is 0 Å². The van der Waals surface area contributed by atoms with Gasteiger partial charge in [0.15, 0.2) is 0 Å². The topological polar surface area (TPSA) is 29.5 Å². The molecule has 0 unspecified atom stereocenters. The summed E-state index contributed by atoms with van der Waals surface area (Å²) in [6.45, 7) is 3.55. The summed E-state index contributed by atoms with van der Waals surface area (Å²) in [5.74, 6) is 2.89. The van der Waals surface area contributed by atoms with E-state index in [2.05, 4.69) is 19.1 Å². The zero-order valence-corrected chi connectivity index (χ0v) is 14.8. The van der Waals surface area contributed by atoms with Gasteiger partial charge in [-0.25, -0.2) is 0 Å². The fourth-order valence-corrected chi connectivity index (χ4v) is 3.64. The Kier molecular flexibility index (Phi) is 5.81. The molecule has 0 bridgehead atoms. The Morgan fingerprint density at radius 2 is 2.04 bits per heavy atom. The SMILES string of the molecule is Cc1cccc(OCCSCCC(=O)N2CCc3ccccc32)c1. The standard InChI is InChI=1S/C20H23NO2S/c1-16-5-4-7-18(15-16)23-12-14-24-13-10-20(22)21-11-9-17-6-2-3-8-19(17)21/h2-8,15H,9-14H2,1H3. The number of thioether (sulfide) groups is 1. The fourth-order valence-electron chi connectivity index (χ4n) is 2.92. The molecule has 0 N–H and O–H groups in total. The van der Waals surface area contributed by atoms with Gasteiger partial charge in [-0.1, -0.05) is 30.3 Å². The number of carbonyl (C=O) groups is 1. The van der Waals surface area contributed by atoms with Gasteiger partial charge < -0.3 is 9.64 Å². The molecule has 0 fully saturated rings. The second-order valence-electron chi connectivity index (χ2n) is 5.95. The quantitative estimate of drug-likeness (QED) is 0.711. The van der Waals surface area contributed by atoms with E-state index >= 15 is 0 Å². The van der Waals surface area contributed by atoms with Crippen LogP contribution in [0.1, 0.15) is 17.5 Å². The first-order valence-corrected chi connectivity index (χ1v) is 9.55. The molecule has 1 aliphatic heterocycles. The number of rotatable bonds is 7. The van der Waals surface area contributed by atoms with Crippen molar-refractivity contribution in [3.8, 4) is 5.75 Å². The predicted molar refractivity (Wildman–Crippen MR) is 101 cm³/mol. The third-order valence-electron chi connectivity index (χ3n) is 4.13. The molecule has 2 aromatic carbocycles. The molecule has 126 valence electrons. The summed E-state index contributed by atoms with van der Waals surface area (Å²) in [5.41, 5.74) is 3.58. The summed E-state index contributed by atoms with van der Waals surface area (Å²) in [6, 6.07) is 16.3. The highest BCUT2D eigenvalue weighted by atomic mass is 32.2. The van der Waals surface area contributed by atoms with Gasteiger partial charge in [0.1, 0.15) is 5.75 Å². The number of hydrogen-bond acceptors (Lipinski definition) is 3. The van der Waals surface area contributed by atoms with Gasteiger partial charge in [0.05, 0.1) is 6.61 Å². The molecule has 0 aromatic heterocycles. The summed E-state index contributed by atoms with van der Waals surface area (Å²) in [6.07, 6.45) is 1.56. The number of nitrogens with zero attached hydrogens (tertiary/aromatic N) is 1. The second-order valence-corrected chi connectivity index (χ2v) is 7.18. The van der Waals surface area contributed by atoms with Gasteiger partial charge in [-0.05, 0) is 42.7 Å². The van der Waals surface area contributed by atoms with Crippen LogP contribution in [-0.2, 0) is 11.2 Å². The number of amides is 1. The summed E-state index contributed by atoms with van der Waals surface area (Å²) in [4.78, 5) is 14.3. The Hall–Kier alpha value is -1.94. The van der Waals surface area contributed by atoms with E-state index in [1.165, 1.54) is 11.1 Å². The Morgan fingerprint density at radius 1 is 1.17 bits per heavy atom. The molecule has 4 heteroatoms. The zero-order valence-electron chi connectivity index (χ0n) is 14.0. The van der Waals surface area contributed by atoms with Crippen molar-refractivity contribution in [2.24, 2.45) is 0 Å². The second kappa shape index (κ2) is 8.25. The fraction of sp³-hybridized carbons (Fsp3) is 0.350. The van der Waals surface area contributed by atoms with Gasteiger partial charge in [-0.3, -0.25) is 4.79 Å². The molecular weight excluding hydrogens is 318 g/mol. The van der Waals surface area contributed by atoms with Crippen LogP contribution in [0.4, 0.5) is 5.69 Å². The van der Waals surface area contributed by atoms with Crippen molar-refractivity contribution in [3.63, 3.8) is 0 Å². The van der Waals surface area contributed by atoms with Gasteiger partial charge in [-0.15, -0.1) is 0 Å². The molecule has 24 heavy (non-hydrogen) atoms. The van der Waals surface area contributed by atoms with E-state index in [0.717, 1.165) is 35.9 Å². The van der Waals surface area contributed by atoms with Crippen LogP contribution in [-0.4, -0.2) is 30.6 Å². The van der Waals surface area contributed by atoms with E-state index in [1.54, 1.807) is 11.8 Å². The number of aryl methyl sites for hydroxylation is 1. The van der Waals surface area contributed by atoms with E-state index in [9.17, 15) is 4.79 Å². The normalized spacial score (nSPS) is 13.0. The van der Waals surface area contributed by atoms with Crippen molar-refractivity contribution >= 4 is 23.4 Å². The first-order chi connectivity index (χ1) is 11.7. The number of ether oxygens (including phenoxy) is 1. The van der Waals surface area contributed by atoms with E-state index in [4.69, 9.17) is 4.74 Å². The average molecular weight is 341 g/mol. The first-order valence-electron chi connectivity index (χ1n) is 8.39. The number of carbonyl (C=O) groups excluding carboxylic acids is 1. The third-order valence-corrected chi connectivity index (χ3v) is 5.08. The zero-order chi connectivity index (χ0) is 16.8. The third kappa shape index (κ3) is 4.32. The molecule has 1 amide bonds. The molecule has 1 aliphatic rings. The molecule has 0 saturated carbocycles. The van der Waals surface area contributed by atoms with Crippen LogP contribution in [0, 0.1) is 6.92 Å². The lowest BCUT2D eigenvalue weighted by atomic mass is 10.2. The maximum Gasteiger partial charge on any atom is 0.227 e. The van der Waals surface area contributed by atoms with Crippen LogP contribution < -0.4 is 9.64 Å². The number of para-hydroxylation sites is 1. The lowest BCUT2D eigenvalue weighted by Crippen LogP contribution is -2.29. The monoisotopic (exact) mass is 341 g/mol. The molecule has 2 aromatic rings. The lowest BCUT2D eigenvalue weighted by molar-refractivity contribution is -0.118. The van der Waals surface area contributed by atoms with Crippen molar-refractivity contribution in [3.05, 3.63) is 59.7 Å². The Morgan fingerprint density at radius 3 is 2.92 bits per heavy atom. The van der Waals surface area contributed by atoms with Crippen molar-refractivity contribution in [1.82, 2.24) is 0 Å². The Labute approximate surface area is 148 Å². The van der Waals surface area contributed by atoms with Gasteiger partial charge in [0.2, 0.25) is 5.91 Å². The largest absolute Gasteiger partial charge is 0.493 e. The molecule has 0 saturated heterocycles. The van der Waals surface area contributed by atoms with E-state index in [1.807, 2.05) is 41.3 Å². The van der Waals surface area contributed by atoms with Gasteiger partial charge in [-0.2, -0.15) is 11.8 Å². The van der Waals surface area contributed by atoms with Crippen molar-refractivity contribution in [2.75, 3.05) is 29.6 Å². The van der Waals surface area contributed by atoms with Crippen LogP contribution in [0.3, 0.4) is 0 Å². The molecule has 0 radical (unpaired) electrons. The molecule has 3 rings (SSSR count). The minimum Gasteiger partial charge on any atom is -0.493 e. The molecule has 0 aliphatic carbocycles. The summed E-state index contributed by atoms with van der Waals surface area (Å²) in [5, 5.41) is 0. The highest BCUT2D eigenvalue weighted by Gasteiger charge is 2.23. The van der Waals surface area contributed by atoms with Crippen molar-refractivity contribution < 1.29 is 9.53 Å². The molecule has 0 atom stereocenters. The smallest absolute Gasteiger partial charge is 0.227 e. The number of fused-ring (bicyclic) bond motifs is 1. The summed E-state index contributed by atoms with van der Waals surface area (Å²) in [7, 11) is 0.